The Bertz CT molecular complexity index is 1350. The lowest BCUT2D eigenvalue weighted by Crippen LogP contribution is -2.38. The van der Waals surface area contributed by atoms with E-state index in [2.05, 4.69) is 25.1 Å². The first-order valence-electron chi connectivity index (χ1n) is 10.4. The Labute approximate surface area is 189 Å². The summed E-state index contributed by atoms with van der Waals surface area (Å²) in [6, 6.07) is 2.59. The normalized spacial score (nSPS) is 15.4. The number of benzene rings is 1. The Morgan fingerprint density at radius 3 is 2.65 bits per heavy atom. The third-order valence-corrected chi connectivity index (χ3v) is 5.57. The number of nitrogens with zero attached hydrogens (tertiary/aromatic N) is 8. The first-order valence-corrected chi connectivity index (χ1v) is 10.4. The van der Waals surface area contributed by atoms with Gasteiger partial charge in [0, 0.05) is 25.0 Å². The molecule has 0 radical (unpaired) electrons. The summed E-state index contributed by atoms with van der Waals surface area (Å²) in [5.74, 6) is -0.624. The van der Waals surface area contributed by atoms with Gasteiger partial charge in [0.2, 0.25) is 5.95 Å². The molecule has 0 saturated heterocycles. The molecule has 0 spiro atoms. The standard InChI is InChI=1S/C21H17F5N8/c1-2-15-19-31-29-11-34(19)16-10-28-20(30-18(16)32(15)7-5-21(24,25)26)33-8-6-27-17(33)13-4-3-12(22)9-14(13)23/h3-4,6,8-11,15H,2,5,7H2,1H3. The molecule has 1 aromatic carbocycles. The van der Waals surface area contributed by atoms with Crippen LogP contribution in [0, 0.1) is 11.6 Å². The molecule has 0 N–H and O–H groups in total. The summed E-state index contributed by atoms with van der Waals surface area (Å²) in [7, 11) is 0. The second-order valence-electron chi connectivity index (χ2n) is 7.67. The van der Waals surface area contributed by atoms with Crippen LogP contribution < -0.4 is 4.90 Å². The monoisotopic (exact) mass is 476 g/mol. The summed E-state index contributed by atoms with van der Waals surface area (Å²) in [4.78, 5) is 14.6. The molecular formula is C21H17F5N8. The van der Waals surface area contributed by atoms with E-state index in [4.69, 9.17) is 0 Å². The predicted molar refractivity (Wildman–Crippen MR) is 110 cm³/mol. The molecule has 8 nitrogen and oxygen atoms in total. The molecule has 1 unspecified atom stereocenters. The zero-order chi connectivity index (χ0) is 24.0. The van der Waals surface area contributed by atoms with E-state index >= 15 is 0 Å². The number of halogens is 5. The van der Waals surface area contributed by atoms with Crippen molar-refractivity contribution in [3.63, 3.8) is 0 Å². The Morgan fingerprint density at radius 1 is 1.09 bits per heavy atom. The van der Waals surface area contributed by atoms with E-state index in [-0.39, 0.29) is 29.7 Å². The summed E-state index contributed by atoms with van der Waals surface area (Å²) in [6.45, 7) is 1.49. The fraction of sp³-hybridized carbons (Fsp3) is 0.286. The number of hydrogen-bond donors (Lipinski definition) is 0. The van der Waals surface area contributed by atoms with Crippen molar-refractivity contribution in [2.75, 3.05) is 11.4 Å². The van der Waals surface area contributed by atoms with Crippen molar-refractivity contribution in [1.82, 2.24) is 34.3 Å². The van der Waals surface area contributed by atoms with Crippen LogP contribution in [0.5, 0.6) is 0 Å². The highest BCUT2D eigenvalue weighted by molar-refractivity contribution is 5.63. The molecular weight excluding hydrogens is 459 g/mol. The van der Waals surface area contributed by atoms with Gasteiger partial charge in [-0.2, -0.15) is 18.2 Å². The van der Waals surface area contributed by atoms with E-state index in [1.54, 1.807) is 4.57 Å². The van der Waals surface area contributed by atoms with E-state index in [0.29, 0.717) is 17.9 Å². The summed E-state index contributed by atoms with van der Waals surface area (Å²) < 4.78 is 70.1. The average Bonchev–Trinajstić information content (AvgIpc) is 3.46. The highest BCUT2D eigenvalue weighted by Gasteiger charge is 2.37. The van der Waals surface area contributed by atoms with E-state index < -0.39 is 30.3 Å². The van der Waals surface area contributed by atoms with Crippen molar-refractivity contribution in [1.29, 1.82) is 0 Å². The van der Waals surface area contributed by atoms with E-state index in [9.17, 15) is 22.0 Å². The lowest BCUT2D eigenvalue weighted by Gasteiger charge is -2.37. The summed E-state index contributed by atoms with van der Waals surface area (Å²) in [5.41, 5.74) is 0.444. The number of imidazole rings is 1. The van der Waals surface area contributed by atoms with Crippen LogP contribution in [0.25, 0.3) is 23.0 Å². The van der Waals surface area contributed by atoms with Gasteiger partial charge in [0.05, 0.1) is 24.2 Å². The summed E-state index contributed by atoms with van der Waals surface area (Å²) in [5, 5.41) is 8.00. The quantitative estimate of drug-likeness (QED) is 0.397. The Balaban J connectivity index is 1.63. The molecule has 0 saturated carbocycles. The lowest BCUT2D eigenvalue weighted by molar-refractivity contribution is -0.132. The Morgan fingerprint density at radius 2 is 1.91 bits per heavy atom. The van der Waals surface area contributed by atoms with Crippen LogP contribution in [0.15, 0.2) is 43.1 Å². The third-order valence-electron chi connectivity index (χ3n) is 5.57. The molecule has 1 aliphatic heterocycles. The minimum atomic E-state index is -4.36. The van der Waals surface area contributed by atoms with Crippen molar-refractivity contribution < 1.29 is 22.0 Å². The molecule has 5 rings (SSSR count). The smallest absolute Gasteiger partial charge is 0.344 e. The highest BCUT2D eigenvalue weighted by atomic mass is 19.4. The Hall–Kier alpha value is -3.90. The minimum absolute atomic E-state index is 0.0224. The molecule has 0 bridgehead atoms. The van der Waals surface area contributed by atoms with Gasteiger partial charge in [-0.3, -0.25) is 9.13 Å². The van der Waals surface area contributed by atoms with Gasteiger partial charge >= 0.3 is 6.18 Å². The van der Waals surface area contributed by atoms with Gasteiger partial charge < -0.3 is 4.90 Å². The van der Waals surface area contributed by atoms with Crippen molar-refractivity contribution >= 4 is 5.82 Å². The molecule has 1 aliphatic rings. The zero-order valence-electron chi connectivity index (χ0n) is 17.7. The molecule has 3 aromatic heterocycles. The average molecular weight is 476 g/mol. The van der Waals surface area contributed by atoms with Gasteiger partial charge in [-0.1, -0.05) is 6.92 Å². The molecule has 34 heavy (non-hydrogen) atoms. The molecule has 13 heteroatoms. The molecule has 0 fully saturated rings. The maximum atomic E-state index is 14.4. The maximum Gasteiger partial charge on any atom is 0.390 e. The van der Waals surface area contributed by atoms with Crippen LogP contribution in [-0.2, 0) is 0 Å². The van der Waals surface area contributed by atoms with Crippen molar-refractivity contribution in [3.8, 4) is 23.0 Å². The molecule has 0 aliphatic carbocycles. The van der Waals surface area contributed by atoms with Crippen molar-refractivity contribution in [2.45, 2.75) is 32.0 Å². The number of aromatic nitrogens is 7. The van der Waals surface area contributed by atoms with Crippen LogP contribution in [0.1, 0.15) is 31.6 Å². The number of fused-ring (bicyclic) bond motifs is 3. The summed E-state index contributed by atoms with van der Waals surface area (Å²) >= 11 is 0. The SMILES string of the molecule is CCC1c2nncn2-c2cnc(-n3ccnc3-c3ccc(F)cc3F)nc2N1CCC(F)(F)F. The molecule has 0 amide bonds. The fourth-order valence-electron chi connectivity index (χ4n) is 4.05. The van der Waals surface area contributed by atoms with Crippen LogP contribution >= 0.6 is 0 Å². The van der Waals surface area contributed by atoms with Gasteiger partial charge in [-0.15, -0.1) is 10.2 Å². The lowest BCUT2D eigenvalue weighted by atomic mass is 10.1. The molecule has 176 valence electrons. The van der Waals surface area contributed by atoms with E-state index in [0.717, 1.165) is 12.1 Å². The van der Waals surface area contributed by atoms with E-state index in [1.807, 2.05) is 6.92 Å². The van der Waals surface area contributed by atoms with Gasteiger partial charge in [-0.25, -0.2) is 18.7 Å². The number of alkyl halides is 3. The molecule has 1 atom stereocenters. The second-order valence-corrected chi connectivity index (χ2v) is 7.67. The topological polar surface area (TPSA) is 77.5 Å². The summed E-state index contributed by atoms with van der Waals surface area (Å²) in [6.07, 6.45) is 0.843. The van der Waals surface area contributed by atoms with Gasteiger partial charge in [-0.05, 0) is 18.6 Å². The fourth-order valence-corrected chi connectivity index (χ4v) is 4.05. The van der Waals surface area contributed by atoms with Crippen LogP contribution in [0.4, 0.5) is 27.8 Å². The van der Waals surface area contributed by atoms with Crippen molar-refractivity contribution in [2.24, 2.45) is 0 Å². The zero-order valence-corrected chi connectivity index (χ0v) is 17.7. The van der Waals surface area contributed by atoms with E-state index in [1.165, 1.54) is 40.5 Å². The minimum Gasteiger partial charge on any atom is -0.344 e. The Kier molecular flexibility index (Phi) is 5.25. The van der Waals surface area contributed by atoms with Crippen molar-refractivity contribution in [3.05, 3.63) is 60.6 Å². The number of anilines is 1. The molecule has 4 aromatic rings. The third kappa shape index (κ3) is 3.76. The first-order chi connectivity index (χ1) is 16.3. The first kappa shape index (κ1) is 21.9. The van der Waals surface area contributed by atoms with Crippen LogP contribution in [-0.4, -0.2) is 47.0 Å². The van der Waals surface area contributed by atoms with Crippen LogP contribution in [0.3, 0.4) is 0 Å². The largest absolute Gasteiger partial charge is 0.390 e. The van der Waals surface area contributed by atoms with Gasteiger partial charge in [0.15, 0.2) is 11.6 Å². The maximum absolute atomic E-state index is 14.4. The second kappa shape index (κ2) is 8.15. The predicted octanol–water partition coefficient (Wildman–Crippen LogP) is 4.41. The number of hydrogen-bond acceptors (Lipinski definition) is 6. The molecule has 4 heterocycles. The number of rotatable bonds is 5. The highest BCUT2D eigenvalue weighted by Crippen LogP contribution is 2.39. The van der Waals surface area contributed by atoms with Crippen LogP contribution in [0.2, 0.25) is 0 Å². The van der Waals surface area contributed by atoms with Gasteiger partial charge in [0.25, 0.3) is 0 Å². The van der Waals surface area contributed by atoms with Gasteiger partial charge in [0.1, 0.15) is 29.5 Å².